The molecule has 0 saturated carbocycles. The monoisotopic (exact) mass is 364 g/mol. The number of nitrogens with zero attached hydrogens (tertiary/aromatic N) is 4. The normalized spacial score (nSPS) is 11.0. The Morgan fingerprint density at radius 1 is 0.714 bits per heavy atom. The van der Waals surface area contributed by atoms with Crippen molar-refractivity contribution in [3.8, 4) is 34.3 Å². The van der Waals surface area contributed by atoms with E-state index in [-0.39, 0.29) is 6.01 Å². The number of rotatable bonds is 3. The molecular formula is C23H16N4O. The molecule has 0 unspecified atom stereocenters. The quantitative estimate of drug-likeness (QED) is 0.497. The van der Waals surface area contributed by atoms with Gasteiger partial charge < -0.3 is 5.11 Å². The molecule has 0 spiro atoms. The molecule has 0 radical (unpaired) electrons. The summed E-state index contributed by atoms with van der Waals surface area (Å²) in [5, 5.41) is 9.61. The molecule has 5 nitrogen and oxygen atoms in total. The maximum absolute atomic E-state index is 9.61. The largest absolute Gasteiger partial charge is 0.479 e. The number of para-hydroxylation sites is 3. The minimum Gasteiger partial charge on any atom is -0.479 e. The first-order valence-electron chi connectivity index (χ1n) is 8.95. The van der Waals surface area contributed by atoms with Gasteiger partial charge >= 0.3 is 6.01 Å². The average Bonchev–Trinajstić information content (AvgIpc) is 3.14. The van der Waals surface area contributed by atoms with E-state index in [2.05, 4.69) is 32.7 Å². The first kappa shape index (κ1) is 16.2. The molecule has 5 heteroatoms. The maximum atomic E-state index is 9.61. The van der Waals surface area contributed by atoms with Crippen molar-refractivity contribution in [2.24, 2.45) is 0 Å². The van der Waals surface area contributed by atoms with Gasteiger partial charge in [-0.05, 0) is 36.4 Å². The molecule has 5 aromatic rings. The summed E-state index contributed by atoms with van der Waals surface area (Å²) in [7, 11) is 0. The lowest BCUT2D eigenvalue weighted by molar-refractivity contribution is 0.431. The predicted molar refractivity (Wildman–Crippen MR) is 109 cm³/mol. The lowest BCUT2D eigenvalue weighted by Gasteiger charge is -2.10. The fourth-order valence-corrected chi connectivity index (χ4v) is 3.38. The van der Waals surface area contributed by atoms with Crippen LogP contribution in [0, 0.1) is 0 Å². The van der Waals surface area contributed by atoms with Crippen molar-refractivity contribution in [1.29, 1.82) is 0 Å². The van der Waals surface area contributed by atoms with Crippen molar-refractivity contribution in [2.75, 3.05) is 0 Å². The third-order valence-electron chi connectivity index (χ3n) is 4.63. The van der Waals surface area contributed by atoms with Gasteiger partial charge in [-0.15, -0.1) is 0 Å². The number of fused-ring (bicyclic) bond motifs is 1. The van der Waals surface area contributed by atoms with E-state index in [0.29, 0.717) is 5.69 Å². The number of aromatic hydroxyl groups is 1. The Morgan fingerprint density at radius 2 is 1.50 bits per heavy atom. The van der Waals surface area contributed by atoms with E-state index in [9.17, 15) is 5.11 Å². The van der Waals surface area contributed by atoms with Crippen LogP contribution in [0.15, 0.2) is 91.1 Å². The second kappa shape index (κ2) is 6.63. The number of hydrogen-bond acceptors (Lipinski definition) is 4. The zero-order valence-corrected chi connectivity index (χ0v) is 14.9. The predicted octanol–water partition coefficient (Wildman–Crippen LogP) is 4.86. The van der Waals surface area contributed by atoms with Crippen molar-refractivity contribution >= 4 is 11.0 Å². The minimum atomic E-state index is -0.237. The van der Waals surface area contributed by atoms with Crippen molar-refractivity contribution in [3.05, 3.63) is 91.1 Å². The van der Waals surface area contributed by atoms with Gasteiger partial charge in [0.05, 0.1) is 16.7 Å². The van der Waals surface area contributed by atoms with E-state index in [4.69, 9.17) is 4.98 Å². The van der Waals surface area contributed by atoms with Gasteiger partial charge in [0.1, 0.15) is 5.82 Å². The van der Waals surface area contributed by atoms with Crippen LogP contribution in [0.3, 0.4) is 0 Å². The third-order valence-corrected chi connectivity index (χ3v) is 4.63. The van der Waals surface area contributed by atoms with E-state index >= 15 is 0 Å². The Morgan fingerprint density at radius 3 is 2.36 bits per heavy atom. The van der Waals surface area contributed by atoms with E-state index < -0.39 is 0 Å². The Bertz CT molecular complexity index is 1280. The second-order valence-corrected chi connectivity index (χ2v) is 6.42. The highest BCUT2D eigenvalue weighted by atomic mass is 16.3. The van der Waals surface area contributed by atoms with E-state index in [1.165, 1.54) is 0 Å². The van der Waals surface area contributed by atoms with Gasteiger partial charge in [-0.2, -0.15) is 4.98 Å². The minimum absolute atomic E-state index is 0.237. The molecule has 2 heterocycles. The Balaban J connectivity index is 1.73. The van der Waals surface area contributed by atoms with Gasteiger partial charge in [0.25, 0.3) is 0 Å². The number of aromatic nitrogens is 4. The summed E-state index contributed by atoms with van der Waals surface area (Å²) >= 11 is 0. The zero-order valence-electron chi connectivity index (χ0n) is 14.9. The fraction of sp³-hybridized carbons (Fsp3) is 0. The van der Waals surface area contributed by atoms with Crippen LogP contribution in [0.4, 0.5) is 0 Å². The van der Waals surface area contributed by atoms with Gasteiger partial charge in [-0.1, -0.05) is 48.5 Å². The molecule has 5 rings (SSSR count). The summed E-state index contributed by atoms with van der Waals surface area (Å²) < 4.78 is 2.16. The summed E-state index contributed by atoms with van der Waals surface area (Å²) in [6, 6.07) is 27.8. The van der Waals surface area contributed by atoms with Crippen LogP contribution in [0.5, 0.6) is 6.01 Å². The van der Waals surface area contributed by atoms with E-state index in [0.717, 1.165) is 33.7 Å². The highest BCUT2D eigenvalue weighted by molar-refractivity contribution is 5.84. The first-order chi connectivity index (χ1) is 13.8. The van der Waals surface area contributed by atoms with Crippen LogP contribution in [0.2, 0.25) is 0 Å². The molecular weight excluding hydrogens is 348 g/mol. The summed E-state index contributed by atoms with van der Waals surface area (Å²) in [4.78, 5) is 12.8. The molecule has 0 aliphatic carbocycles. The second-order valence-electron chi connectivity index (χ2n) is 6.42. The van der Waals surface area contributed by atoms with Crippen LogP contribution in [0.25, 0.3) is 39.4 Å². The molecule has 0 aliphatic rings. The molecule has 0 bridgehead atoms. The summed E-state index contributed by atoms with van der Waals surface area (Å²) in [5.41, 5.74) is 5.56. The molecule has 28 heavy (non-hydrogen) atoms. The van der Waals surface area contributed by atoms with Crippen LogP contribution in [0.1, 0.15) is 0 Å². The molecule has 0 amide bonds. The molecule has 1 N–H and O–H groups in total. The fourth-order valence-electron chi connectivity index (χ4n) is 3.38. The standard InChI is InChI=1S/C23H16N4O/c28-23-24-14-13-19(26-23)16-7-6-8-17(15-16)22-25-20-11-4-5-12-21(20)27(22)18-9-2-1-3-10-18/h1-15H,(H,24,26,28). The lowest BCUT2D eigenvalue weighted by Crippen LogP contribution is -1.97. The summed E-state index contributed by atoms with van der Waals surface area (Å²) in [6.45, 7) is 0. The van der Waals surface area contributed by atoms with Crippen LogP contribution in [-0.4, -0.2) is 24.6 Å². The van der Waals surface area contributed by atoms with Crippen molar-refractivity contribution in [2.45, 2.75) is 0 Å². The maximum Gasteiger partial charge on any atom is 0.314 e. The lowest BCUT2D eigenvalue weighted by atomic mass is 10.1. The van der Waals surface area contributed by atoms with Gasteiger partial charge in [-0.25, -0.2) is 9.97 Å². The molecule has 0 saturated heterocycles. The molecule has 0 aliphatic heterocycles. The first-order valence-corrected chi connectivity index (χ1v) is 8.95. The SMILES string of the molecule is Oc1nccc(-c2cccc(-c3nc4ccccc4n3-c3ccccc3)c2)n1. The van der Waals surface area contributed by atoms with Crippen LogP contribution >= 0.6 is 0 Å². The Kier molecular flexibility index (Phi) is 3.84. The van der Waals surface area contributed by atoms with Crippen molar-refractivity contribution in [1.82, 2.24) is 19.5 Å². The third kappa shape index (κ3) is 2.79. The smallest absolute Gasteiger partial charge is 0.314 e. The number of benzene rings is 3. The van der Waals surface area contributed by atoms with Crippen LogP contribution < -0.4 is 0 Å². The number of imidazole rings is 1. The van der Waals surface area contributed by atoms with Crippen LogP contribution in [-0.2, 0) is 0 Å². The Labute approximate surface area is 161 Å². The van der Waals surface area contributed by atoms with Crippen molar-refractivity contribution in [3.63, 3.8) is 0 Å². The van der Waals surface area contributed by atoms with E-state index in [1.807, 2.05) is 60.7 Å². The highest BCUT2D eigenvalue weighted by Gasteiger charge is 2.14. The Hall–Kier alpha value is -3.99. The molecule has 134 valence electrons. The van der Waals surface area contributed by atoms with Gasteiger partial charge in [0, 0.05) is 23.0 Å². The van der Waals surface area contributed by atoms with E-state index in [1.54, 1.807) is 12.3 Å². The molecule has 0 fully saturated rings. The number of hydrogen-bond donors (Lipinski definition) is 1. The topological polar surface area (TPSA) is 63.8 Å². The summed E-state index contributed by atoms with van der Waals surface area (Å²) in [5.74, 6) is 0.854. The van der Waals surface area contributed by atoms with Gasteiger partial charge in [0.2, 0.25) is 0 Å². The molecule has 2 aromatic heterocycles. The van der Waals surface area contributed by atoms with Gasteiger partial charge in [0.15, 0.2) is 0 Å². The molecule has 3 aromatic carbocycles. The summed E-state index contributed by atoms with van der Waals surface area (Å²) in [6.07, 6.45) is 1.55. The average molecular weight is 364 g/mol. The van der Waals surface area contributed by atoms with Gasteiger partial charge in [-0.3, -0.25) is 4.57 Å². The highest BCUT2D eigenvalue weighted by Crippen LogP contribution is 2.30. The molecule has 0 atom stereocenters. The van der Waals surface area contributed by atoms with Crippen molar-refractivity contribution < 1.29 is 5.11 Å². The zero-order chi connectivity index (χ0) is 18.9.